The fraction of sp³-hybridized carbons (Fsp3) is 0.857. The highest BCUT2D eigenvalue weighted by atomic mass is 16.5. The standard InChI is InChI=1S/C7H12O6/c1-13-7-5(11)3(9)2(8)4(10)6(7)12/h2-3,5-9,11-12H,1H3/t2-,3-,5+,6-,7-/m1/s1. The van der Waals surface area contributed by atoms with Crippen molar-refractivity contribution in [3.8, 4) is 0 Å². The Bertz CT molecular complexity index is 205. The van der Waals surface area contributed by atoms with Crippen LogP contribution in [0.2, 0.25) is 0 Å². The van der Waals surface area contributed by atoms with Gasteiger partial charge in [-0.15, -0.1) is 0 Å². The third kappa shape index (κ3) is 1.59. The van der Waals surface area contributed by atoms with Crippen LogP contribution in [-0.2, 0) is 9.53 Å². The number of ketones is 1. The van der Waals surface area contributed by atoms with Crippen molar-refractivity contribution < 1.29 is 30.0 Å². The maximum absolute atomic E-state index is 11.0. The lowest BCUT2D eigenvalue weighted by Gasteiger charge is -2.36. The van der Waals surface area contributed by atoms with Crippen molar-refractivity contribution in [3.05, 3.63) is 0 Å². The molecule has 0 bridgehead atoms. The average Bonchev–Trinajstić information content (AvgIpc) is 2.13. The van der Waals surface area contributed by atoms with Crippen LogP contribution in [0.5, 0.6) is 0 Å². The smallest absolute Gasteiger partial charge is 0.195 e. The van der Waals surface area contributed by atoms with E-state index in [9.17, 15) is 15.0 Å². The Morgan fingerprint density at radius 1 is 1.08 bits per heavy atom. The van der Waals surface area contributed by atoms with Gasteiger partial charge in [0.1, 0.15) is 30.5 Å². The number of aliphatic hydroxyl groups is 4. The van der Waals surface area contributed by atoms with Crippen LogP contribution in [0.1, 0.15) is 0 Å². The first-order chi connectivity index (χ1) is 6.00. The third-order valence-electron chi connectivity index (χ3n) is 2.18. The van der Waals surface area contributed by atoms with E-state index in [2.05, 4.69) is 4.74 Å². The molecule has 0 amide bonds. The Morgan fingerprint density at radius 2 is 1.62 bits per heavy atom. The van der Waals surface area contributed by atoms with Crippen LogP contribution < -0.4 is 0 Å². The van der Waals surface area contributed by atoms with E-state index in [1.54, 1.807) is 0 Å². The van der Waals surface area contributed by atoms with Gasteiger partial charge in [-0.1, -0.05) is 0 Å². The van der Waals surface area contributed by atoms with Gasteiger partial charge in [-0.2, -0.15) is 0 Å². The quantitative estimate of drug-likeness (QED) is 0.353. The number of aliphatic hydroxyl groups excluding tert-OH is 4. The Labute approximate surface area is 74.4 Å². The second-order valence-electron chi connectivity index (χ2n) is 2.97. The summed E-state index contributed by atoms with van der Waals surface area (Å²) in [6.07, 6.45) is -7.62. The number of ether oxygens (including phenoxy) is 1. The zero-order valence-electron chi connectivity index (χ0n) is 6.99. The second-order valence-corrected chi connectivity index (χ2v) is 2.97. The molecule has 1 aliphatic rings. The van der Waals surface area contributed by atoms with E-state index in [1.807, 2.05) is 0 Å². The molecule has 76 valence electrons. The molecule has 6 heteroatoms. The normalized spacial score (nSPS) is 46.5. The Balaban J connectivity index is 2.85. The summed E-state index contributed by atoms with van der Waals surface area (Å²) < 4.78 is 4.61. The number of hydrogen-bond acceptors (Lipinski definition) is 6. The van der Waals surface area contributed by atoms with Crippen LogP contribution in [0.15, 0.2) is 0 Å². The highest BCUT2D eigenvalue weighted by molar-refractivity contribution is 5.89. The van der Waals surface area contributed by atoms with E-state index in [0.717, 1.165) is 0 Å². The van der Waals surface area contributed by atoms with Crippen LogP contribution in [0.4, 0.5) is 0 Å². The minimum Gasteiger partial charge on any atom is -0.387 e. The predicted molar refractivity (Wildman–Crippen MR) is 39.8 cm³/mol. The first kappa shape index (κ1) is 10.6. The minimum absolute atomic E-state index is 0.940. The maximum Gasteiger partial charge on any atom is 0.195 e. The molecule has 1 aliphatic carbocycles. The highest BCUT2D eigenvalue weighted by Crippen LogP contribution is 2.19. The van der Waals surface area contributed by atoms with Gasteiger partial charge in [0.05, 0.1) is 0 Å². The molecule has 1 fully saturated rings. The van der Waals surface area contributed by atoms with Gasteiger partial charge in [0.15, 0.2) is 5.78 Å². The molecule has 0 unspecified atom stereocenters. The SMILES string of the molecule is CO[C@@H]1[C@@H](O)[C@H](O)[C@@H](O)C(=O)[C@H]1O. The van der Waals surface area contributed by atoms with Crippen molar-refractivity contribution in [2.45, 2.75) is 30.5 Å². The molecule has 1 rings (SSSR count). The van der Waals surface area contributed by atoms with Crippen molar-refractivity contribution in [2.75, 3.05) is 7.11 Å². The molecule has 0 radical (unpaired) electrons. The van der Waals surface area contributed by atoms with E-state index in [1.165, 1.54) is 7.11 Å². The molecule has 5 atom stereocenters. The zero-order chi connectivity index (χ0) is 10.2. The van der Waals surface area contributed by atoms with E-state index >= 15 is 0 Å². The molecule has 0 aromatic rings. The van der Waals surface area contributed by atoms with Crippen molar-refractivity contribution in [2.24, 2.45) is 0 Å². The summed E-state index contributed by atoms with van der Waals surface area (Å²) in [6.45, 7) is 0. The summed E-state index contributed by atoms with van der Waals surface area (Å²) in [5.41, 5.74) is 0. The molecule has 4 N–H and O–H groups in total. The van der Waals surface area contributed by atoms with Gasteiger partial charge in [0.2, 0.25) is 0 Å². The van der Waals surface area contributed by atoms with Gasteiger partial charge in [-0.25, -0.2) is 0 Å². The monoisotopic (exact) mass is 192 g/mol. The highest BCUT2D eigenvalue weighted by Gasteiger charge is 2.48. The number of Topliss-reactive ketones (excluding diaryl/α,β-unsaturated/α-hetero) is 1. The second kappa shape index (κ2) is 3.69. The summed E-state index contributed by atoms with van der Waals surface area (Å²) in [6, 6.07) is 0. The summed E-state index contributed by atoms with van der Waals surface area (Å²) in [5.74, 6) is -0.940. The lowest BCUT2D eigenvalue weighted by atomic mass is 9.86. The predicted octanol–water partition coefficient (Wildman–Crippen LogP) is -2.97. The van der Waals surface area contributed by atoms with E-state index < -0.39 is 36.3 Å². The molecule has 0 saturated heterocycles. The van der Waals surface area contributed by atoms with E-state index in [-0.39, 0.29) is 0 Å². The van der Waals surface area contributed by atoms with Crippen molar-refractivity contribution in [1.82, 2.24) is 0 Å². The largest absolute Gasteiger partial charge is 0.387 e. The van der Waals surface area contributed by atoms with Gasteiger partial charge >= 0.3 is 0 Å². The minimum atomic E-state index is -1.75. The Morgan fingerprint density at radius 3 is 2.08 bits per heavy atom. The Hall–Kier alpha value is -0.530. The van der Waals surface area contributed by atoms with Crippen LogP contribution in [0.3, 0.4) is 0 Å². The van der Waals surface area contributed by atoms with Crippen LogP contribution in [0.25, 0.3) is 0 Å². The number of hydrogen-bond donors (Lipinski definition) is 4. The molecule has 0 heterocycles. The fourth-order valence-corrected chi connectivity index (χ4v) is 1.34. The summed E-state index contributed by atoms with van der Waals surface area (Å²) in [5, 5.41) is 36.6. The van der Waals surface area contributed by atoms with Crippen LogP contribution >= 0.6 is 0 Å². The van der Waals surface area contributed by atoms with Gasteiger partial charge in [-0.3, -0.25) is 4.79 Å². The van der Waals surface area contributed by atoms with Crippen molar-refractivity contribution in [3.63, 3.8) is 0 Å². The average molecular weight is 192 g/mol. The Kier molecular flexibility index (Phi) is 2.99. The first-order valence-electron chi connectivity index (χ1n) is 3.79. The summed E-state index contributed by atoms with van der Waals surface area (Å²) >= 11 is 0. The number of methoxy groups -OCH3 is 1. The molecule has 0 spiro atoms. The lowest BCUT2D eigenvalue weighted by molar-refractivity contribution is -0.190. The summed E-state index contributed by atoms with van der Waals surface area (Å²) in [7, 11) is 1.19. The molecule has 0 aliphatic heterocycles. The molecule has 13 heavy (non-hydrogen) atoms. The fourth-order valence-electron chi connectivity index (χ4n) is 1.34. The third-order valence-corrected chi connectivity index (χ3v) is 2.18. The topological polar surface area (TPSA) is 107 Å². The van der Waals surface area contributed by atoms with Crippen LogP contribution in [-0.4, -0.2) is 63.8 Å². The number of carbonyl (C=O) groups is 1. The molecule has 0 aromatic carbocycles. The molecule has 1 saturated carbocycles. The molecule has 6 nitrogen and oxygen atoms in total. The molecule has 0 aromatic heterocycles. The van der Waals surface area contributed by atoms with Crippen LogP contribution in [0, 0.1) is 0 Å². The van der Waals surface area contributed by atoms with Gasteiger partial charge in [0.25, 0.3) is 0 Å². The summed E-state index contributed by atoms with van der Waals surface area (Å²) in [4.78, 5) is 11.0. The van der Waals surface area contributed by atoms with Crippen molar-refractivity contribution in [1.29, 1.82) is 0 Å². The number of carbonyl (C=O) groups excluding carboxylic acids is 1. The lowest BCUT2D eigenvalue weighted by Crippen LogP contribution is -2.62. The molecular weight excluding hydrogens is 180 g/mol. The van der Waals surface area contributed by atoms with Gasteiger partial charge < -0.3 is 25.2 Å². The van der Waals surface area contributed by atoms with Gasteiger partial charge in [0, 0.05) is 7.11 Å². The number of rotatable bonds is 1. The van der Waals surface area contributed by atoms with E-state index in [0.29, 0.717) is 0 Å². The molecular formula is C7H12O6. The first-order valence-corrected chi connectivity index (χ1v) is 3.79. The van der Waals surface area contributed by atoms with E-state index in [4.69, 9.17) is 10.2 Å². The zero-order valence-corrected chi connectivity index (χ0v) is 6.99. The van der Waals surface area contributed by atoms with Gasteiger partial charge in [-0.05, 0) is 0 Å². The maximum atomic E-state index is 11.0. The van der Waals surface area contributed by atoms with Crippen molar-refractivity contribution >= 4 is 5.78 Å².